The van der Waals surface area contributed by atoms with Crippen molar-refractivity contribution in [1.29, 1.82) is 5.26 Å². The molecule has 1 unspecified atom stereocenters. The number of nitrogens with two attached hydrogens (primary N) is 1. The lowest BCUT2D eigenvalue weighted by atomic mass is 9.69. The number of carbonyl (C=O) groups is 1. The third-order valence-electron chi connectivity index (χ3n) is 5.76. The van der Waals surface area contributed by atoms with Gasteiger partial charge in [0.25, 0.3) is 0 Å². The Bertz CT molecular complexity index is 1210. The highest BCUT2D eigenvalue weighted by Gasteiger charge is 2.45. The molecule has 1 atom stereocenters. The molecule has 2 aliphatic rings. The number of nitriles is 1. The number of thiophene rings is 1. The maximum absolute atomic E-state index is 13.6. The van der Waals surface area contributed by atoms with Gasteiger partial charge in [-0.05, 0) is 47.2 Å². The molecule has 0 spiro atoms. The number of allylic oxidation sites excluding steroid dienone is 3. The fourth-order valence-corrected chi connectivity index (χ4v) is 6.83. The molecule has 0 saturated carbocycles. The number of ketones is 1. The molecular weight excluding hydrogens is 481 g/mol. The van der Waals surface area contributed by atoms with E-state index >= 15 is 0 Å². The minimum Gasteiger partial charge on any atom is -0.384 e. The maximum atomic E-state index is 13.6. The number of anilines is 1. The molecule has 2 heterocycles. The molecule has 0 radical (unpaired) electrons. The predicted molar refractivity (Wildman–Crippen MR) is 134 cm³/mol. The molecule has 32 heavy (non-hydrogen) atoms. The highest BCUT2D eigenvalue weighted by molar-refractivity contribution is 7.99. The van der Waals surface area contributed by atoms with Crippen LogP contribution < -0.4 is 10.6 Å². The standard InChI is InChI=1S/C24H23Cl2N3OS2/c1-4-31-19-7-8-32-22(19)20-14(12-27)23(28)29(13-5-6-15(25)16(26)9-13)17-10-24(2,3)11-18(30)21(17)20/h5-9,20H,4,10-11,28H2,1-3H3. The van der Waals surface area contributed by atoms with Crippen LogP contribution in [-0.4, -0.2) is 11.5 Å². The molecule has 1 aliphatic heterocycles. The number of carbonyl (C=O) groups excluding carboxylic acids is 1. The maximum Gasteiger partial charge on any atom is 0.162 e. The van der Waals surface area contributed by atoms with E-state index in [9.17, 15) is 10.1 Å². The van der Waals surface area contributed by atoms with Crippen molar-refractivity contribution >= 4 is 57.8 Å². The van der Waals surface area contributed by atoms with E-state index in [1.165, 1.54) is 0 Å². The van der Waals surface area contributed by atoms with Crippen molar-refractivity contribution < 1.29 is 4.79 Å². The predicted octanol–water partition coefficient (Wildman–Crippen LogP) is 7.11. The molecule has 4 rings (SSSR count). The molecule has 0 fully saturated rings. The monoisotopic (exact) mass is 503 g/mol. The van der Waals surface area contributed by atoms with E-state index in [2.05, 4.69) is 32.9 Å². The van der Waals surface area contributed by atoms with Crippen LogP contribution in [0.5, 0.6) is 0 Å². The third kappa shape index (κ3) is 3.97. The largest absolute Gasteiger partial charge is 0.384 e. The van der Waals surface area contributed by atoms with E-state index in [4.69, 9.17) is 28.9 Å². The molecule has 0 saturated heterocycles. The number of nitrogens with zero attached hydrogens (tertiary/aromatic N) is 2. The number of hydrogen-bond acceptors (Lipinski definition) is 6. The molecule has 0 amide bonds. The summed E-state index contributed by atoms with van der Waals surface area (Å²) in [6.07, 6.45) is 1.09. The zero-order valence-corrected chi connectivity index (χ0v) is 21.2. The van der Waals surface area contributed by atoms with Crippen molar-refractivity contribution in [2.45, 2.75) is 44.4 Å². The lowest BCUT2D eigenvalue weighted by Crippen LogP contribution is -2.42. The number of rotatable bonds is 4. The minimum absolute atomic E-state index is 0.0624. The highest BCUT2D eigenvalue weighted by Crippen LogP contribution is 2.52. The second kappa shape index (κ2) is 8.79. The summed E-state index contributed by atoms with van der Waals surface area (Å²) in [4.78, 5) is 17.5. The van der Waals surface area contributed by atoms with E-state index < -0.39 is 5.92 Å². The first-order valence-corrected chi connectivity index (χ1v) is 12.9. The van der Waals surface area contributed by atoms with Gasteiger partial charge in [0, 0.05) is 33.2 Å². The average molecular weight is 505 g/mol. The molecule has 4 nitrogen and oxygen atoms in total. The normalized spacial score (nSPS) is 20.4. The van der Waals surface area contributed by atoms with Gasteiger partial charge in [-0.2, -0.15) is 5.26 Å². The Morgan fingerprint density at radius 1 is 1.28 bits per heavy atom. The van der Waals surface area contributed by atoms with Gasteiger partial charge in [0.1, 0.15) is 5.82 Å². The Labute approximate surface area is 206 Å². The molecule has 1 aromatic carbocycles. The summed E-state index contributed by atoms with van der Waals surface area (Å²) in [6.45, 7) is 6.26. The van der Waals surface area contributed by atoms with Gasteiger partial charge < -0.3 is 5.73 Å². The number of halogens is 2. The number of Topliss-reactive ketones (excluding diaryl/α,β-unsaturated/α-hetero) is 1. The van der Waals surface area contributed by atoms with E-state index in [-0.39, 0.29) is 11.2 Å². The van der Waals surface area contributed by atoms with E-state index in [1.54, 1.807) is 35.2 Å². The van der Waals surface area contributed by atoms with E-state index in [1.807, 2.05) is 16.3 Å². The topological polar surface area (TPSA) is 70.1 Å². The van der Waals surface area contributed by atoms with Gasteiger partial charge in [-0.15, -0.1) is 23.1 Å². The van der Waals surface area contributed by atoms with Crippen LogP contribution in [0, 0.1) is 16.7 Å². The lowest BCUT2D eigenvalue weighted by molar-refractivity contribution is -0.118. The summed E-state index contributed by atoms with van der Waals surface area (Å²) in [5.74, 6) is 0.847. The van der Waals surface area contributed by atoms with Crippen LogP contribution in [0.15, 0.2) is 57.2 Å². The molecule has 2 aromatic rings. The zero-order chi connectivity index (χ0) is 23.2. The SMILES string of the molecule is CCSc1ccsc1C1C(C#N)=C(N)N(c2ccc(Cl)c(Cl)c2)C2=C1C(=O)CC(C)(C)C2. The summed E-state index contributed by atoms with van der Waals surface area (Å²) < 4.78 is 0. The van der Waals surface area contributed by atoms with Crippen molar-refractivity contribution in [2.75, 3.05) is 10.7 Å². The van der Waals surface area contributed by atoms with Crippen LogP contribution in [0.3, 0.4) is 0 Å². The van der Waals surface area contributed by atoms with Crippen molar-refractivity contribution in [3.8, 4) is 6.07 Å². The molecule has 0 bridgehead atoms. The van der Waals surface area contributed by atoms with Gasteiger partial charge >= 0.3 is 0 Å². The highest BCUT2D eigenvalue weighted by atomic mass is 35.5. The lowest BCUT2D eigenvalue weighted by Gasteiger charge is -2.43. The molecule has 8 heteroatoms. The Morgan fingerprint density at radius 2 is 2.03 bits per heavy atom. The van der Waals surface area contributed by atoms with Crippen LogP contribution >= 0.6 is 46.3 Å². The van der Waals surface area contributed by atoms with Gasteiger partial charge in [0.05, 0.1) is 27.6 Å². The zero-order valence-electron chi connectivity index (χ0n) is 18.0. The number of benzene rings is 1. The average Bonchev–Trinajstić information content (AvgIpc) is 3.17. The Balaban J connectivity index is 2.00. The summed E-state index contributed by atoms with van der Waals surface area (Å²) in [7, 11) is 0. The van der Waals surface area contributed by atoms with Crippen LogP contribution in [-0.2, 0) is 4.79 Å². The van der Waals surface area contributed by atoms with Gasteiger partial charge in [-0.25, -0.2) is 0 Å². The minimum atomic E-state index is -0.452. The Kier molecular flexibility index (Phi) is 6.39. The molecule has 1 aliphatic carbocycles. The number of hydrogen-bond donors (Lipinski definition) is 1. The fourth-order valence-electron chi connectivity index (χ4n) is 4.48. The van der Waals surface area contributed by atoms with E-state index in [0.717, 1.165) is 21.2 Å². The van der Waals surface area contributed by atoms with E-state index in [0.29, 0.717) is 45.5 Å². The van der Waals surface area contributed by atoms with Crippen molar-refractivity contribution in [3.05, 3.63) is 67.2 Å². The molecular formula is C24H23Cl2N3OS2. The second-order valence-electron chi connectivity index (χ2n) is 8.66. The summed E-state index contributed by atoms with van der Waals surface area (Å²) in [5, 5.41) is 13.0. The van der Waals surface area contributed by atoms with Gasteiger partial charge in [0.15, 0.2) is 5.78 Å². The Morgan fingerprint density at radius 3 is 2.69 bits per heavy atom. The van der Waals surface area contributed by atoms with Crippen molar-refractivity contribution in [2.24, 2.45) is 11.1 Å². The smallest absolute Gasteiger partial charge is 0.162 e. The van der Waals surface area contributed by atoms with Crippen molar-refractivity contribution in [1.82, 2.24) is 0 Å². The molecule has 2 N–H and O–H groups in total. The summed E-state index contributed by atoms with van der Waals surface area (Å²) >= 11 is 15.7. The third-order valence-corrected chi connectivity index (χ3v) is 8.57. The number of thioether (sulfide) groups is 1. The van der Waals surface area contributed by atoms with Gasteiger partial charge in [0.2, 0.25) is 0 Å². The van der Waals surface area contributed by atoms with Crippen LogP contribution in [0.2, 0.25) is 10.0 Å². The Hall–Kier alpha value is -1.91. The van der Waals surface area contributed by atoms with Gasteiger partial charge in [-0.3, -0.25) is 9.69 Å². The quantitative estimate of drug-likeness (QED) is 0.450. The summed E-state index contributed by atoms with van der Waals surface area (Å²) in [6, 6.07) is 9.63. The van der Waals surface area contributed by atoms with Crippen LogP contribution in [0.25, 0.3) is 0 Å². The van der Waals surface area contributed by atoms with Crippen molar-refractivity contribution in [3.63, 3.8) is 0 Å². The first-order chi connectivity index (χ1) is 15.2. The molecule has 1 aromatic heterocycles. The van der Waals surface area contributed by atoms with Gasteiger partial charge in [-0.1, -0.05) is 44.0 Å². The molecule has 166 valence electrons. The van der Waals surface area contributed by atoms with Crippen LogP contribution in [0.1, 0.15) is 44.4 Å². The first kappa shape index (κ1) is 23.3. The first-order valence-electron chi connectivity index (χ1n) is 10.3. The fraction of sp³-hybridized carbons (Fsp3) is 0.333. The second-order valence-corrected chi connectivity index (χ2v) is 11.7. The van der Waals surface area contributed by atoms with Crippen LogP contribution in [0.4, 0.5) is 5.69 Å². The summed E-state index contributed by atoms with van der Waals surface area (Å²) in [5.41, 5.74) is 9.04.